The van der Waals surface area contributed by atoms with Crippen molar-refractivity contribution in [1.29, 1.82) is 0 Å². The molecule has 3 rings (SSSR count). The Morgan fingerprint density at radius 3 is 2.47 bits per heavy atom. The molecule has 0 bridgehead atoms. The predicted molar refractivity (Wildman–Crippen MR) is 123 cm³/mol. The molecule has 0 saturated heterocycles. The SMILES string of the molecule is CC(C)Oc1ccc(-c2csc(NC(=O)COc3ccccc3C(C)(C)C)n2)cc1. The summed E-state index contributed by atoms with van der Waals surface area (Å²) in [4.78, 5) is 16.9. The van der Waals surface area contributed by atoms with Crippen molar-refractivity contribution in [3.05, 3.63) is 59.5 Å². The van der Waals surface area contributed by atoms with Gasteiger partial charge < -0.3 is 9.47 Å². The van der Waals surface area contributed by atoms with E-state index < -0.39 is 0 Å². The van der Waals surface area contributed by atoms with Gasteiger partial charge in [-0.2, -0.15) is 0 Å². The molecule has 30 heavy (non-hydrogen) atoms. The molecule has 0 radical (unpaired) electrons. The first-order valence-electron chi connectivity index (χ1n) is 9.97. The van der Waals surface area contributed by atoms with Crippen molar-refractivity contribution in [3.8, 4) is 22.8 Å². The van der Waals surface area contributed by atoms with Crippen molar-refractivity contribution in [1.82, 2.24) is 4.98 Å². The first-order chi connectivity index (χ1) is 14.2. The van der Waals surface area contributed by atoms with Gasteiger partial charge in [0.05, 0.1) is 11.8 Å². The van der Waals surface area contributed by atoms with Gasteiger partial charge in [-0.25, -0.2) is 4.98 Å². The van der Waals surface area contributed by atoms with Crippen LogP contribution in [0.3, 0.4) is 0 Å². The predicted octanol–water partition coefficient (Wildman–Crippen LogP) is 5.91. The highest BCUT2D eigenvalue weighted by Gasteiger charge is 2.19. The molecule has 0 unspecified atom stereocenters. The smallest absolute Gasteiger partial charge is 0.264 e. The fraction of sp³-hybridized carbons (Fsp3) is 0.333. The summed E-state index contributed by atoms with van der Waals surface area (Å²) in [6.07, 6.45) is 0.134. The van der Waals surface area contributed by atoms with Crippen LogP contribution in [0.25, 0.3) is 11.3 Å². The number of carbonyl (C=O) groups is 1. The number of nitrogens with one attached hydrogen (secondary N) is 1. The van der Waals surface area contributed by atoms with Crippen molar-refractivity contribution < 1.29 is 14.3 Å². The summed E-state index contributed by atoms with van der Waals surface area (Å²) in [5.74, 6) is 1.31. The van der Waals surface area contributed by atoms with Gasteiger partial charge in [-0.3, -0.25) is 10.1 Å². The van der Waals surface area contributed by atoms with E-state index in [0.717, 1.165) is 28.3 Å². The molecular formula is C24H28N2O3S. The number of rotatable bonds is 7. The maximum atomic E-state index is 12.4. The zero-order chi connectivity index (χ0) is 21.7. The number of para-hydroxylation sites is 1. The number of benzene rings is 2. The van der Waals surface area contributed by atoms with E-state index in [1.165, 1.54) is 11.3 Å². The van der Waals surface area contributed by atoms with Crippen LogP contribution in [-0.4, -0.2) is 23.6 Å². The van der Waals surface area contributed by atoms with Gasteiger partial charge in [-0.15, -0.1) is 11.3 Å². The number of hydrogen-bond acceptors (Lipinski definition) is 5. The summed E-state index contributed by atoms with van der Waals surface area (Å²) < 4.78 is 11.5. The molecule has 1 aromatic heterocycles. The molecule has 0 saturated carbocycles. The second-order valence-corrected chi connectivity index (χ2v) is 9.17. The van der Waals surface area contributed by atoms with E-state index in [4.69, 9.17) is 9.47 Å². The van der Waals surface area contributed by atoms with E-state index in [2.05, 4.69) is 31.1 Å². The number of ether oxygens (including phenoxy) is 2. The Labute approximate surface area is 182 Å². The highest BCUT2D eigenvalue weighted by atomic mass is 32.1. The van der Waals surface area contributed by atoms with Crippen LogP contribution in [-0.2, 0) is 10.2 Å². The molecule has 0 aliphatic rings. The van der Waals surface area contributed by atoms with Crippen LogP contribution in [0.4, 0.5) is 5.13 Å². The van der Waals surface area contributed by atoms with Gasteiger partial charge in [0.25, 0.3) is 5.91 Å². The van der Waals surface area contributed by atoms with Gasteiger partial charge in [0.15, 0.2) is 11.7 Å². The lowest BCUT2D eigenvalue weighted by Gasteiger charge is -2.22. The van der Waals surface area contributed by atoms with Crippen molar-refractivity contribution in [2.24, 2.45) is 0 Å². The molecule has 1 amide bonds. The third-order valence-corrected chi connectivity index (χ3v) is 5.08. The summed E-state index contributed by atoms with van der Waals surface area (Å²) in [6.45, 7) is 10.3. The van der Waals surface area contributed by atoms with E-state index >= 15 is 0 Å². The summed E-state index contributed by atoms with van der Waals surface area (Å²) in [5, 5.41) is 5.28. The topological polar surface area (TPSA) is 60.5 Å². The van der Waals surface area contributed by atoms with Gasteiger partial charge in [-0.1, -0.05) is 39.0 Å². The highest BCUT2D eigenvalue weighted by Crippen LogP contribution is 2.31. The number of carbonyl (C=O) groups excluding carboxylic acids is 1. The van der Waals surface area contributed by atoms with Crippen LogP contribution in [0.5, 0.6) is 11.5 Å². The van der Waals surface area contributed by atoms with Crippen molar-refractivity contribution in [3.63, 3.8) is 0 Å². The fourth-order valence-corrected chi connectivity index (χ4v) is 3.69. The zero-order valence-corrected chi connectivity index (χ0v) is 18.9. The van der Waals surface area contributed by atoms with E-state index in [0.29, 0.717) is 5.13 Å². The molecule has 0 atom stereocenters. The molecule has 0 spiro atoms. The molecule has 5 nitrogen and oxygen atoms in total. The second-order valence-electron chi connectivity index (χ2n) is 8.31. The van der Waals surface area contributed by atoms with E-state index in [1.807, 2.05) is 67.8 Å². The van der Waals surface area contributed by atoms with Crippen molar-refractivity contribution >= 4 is 22.4 Å². The summed E-state index contributed by atoms with van der Waals surface area (Å²) in [6, 6.07) is 15.6. The molecule has 0 fully saturated rings. The monoisotopic (exact) mass is 424 g/mol. The minimum Gasteiger partial charge on any atom is -0.491 e. The molecule has 158 valence electrons. The van der Waals surface area contributed by atoms with Crippen LogP contribution in [0, 0.1) is 0 Å². The summed E-state index contributed by atoms with van der Waals surface area (Å²) in [5.41, 5.74) is 2.79. The highest BCUT2D eigenvalue weighted by molar-refractivity contribution is 7.14. The molecule has 3 aromatic rings. The Morgan fingerprint density at radius 2 is 1.80 bits per heavy atom. The van der Waals surface area contributed by atoms with Gasteiger partial charge in [-0.05, 0) is 55.2 Å². The van der Waals surface area contributed by atoms with Crippen molar-refractivity contribution in [2.75, 3.05) is 11.9 Å². The maximum Gasteiger partial charge on any atom is 0.264 e. The van der Waals surface area contributed by atoms with Gasteiger partial charge >= 0.3 is 0 Å². The molecule has 6 heteroatoms. The standard InChI is InChI=1S/C24H28N2O3S/c1-16(2)29-18-12-10-17(11-13-18)20-15-30-23(25-20)26-22(27)14-28-21-9-7-6-8-19(21)24(3,4)5/h6-13,15-16H,14H2,1-5H3,(H,25,26,27). The Hall–Kier alpha value is -2.86. The van der Waals surface area contributed by atoms with Gasteiger partial charge in [0.2, 0.25) is 0 Å². The Morgan fingerprint density at radius 1 is 1.10 bits per heavy atom. The number of hydrogen-bond donors (Lipinski definition) is 1. The number of nitrogens with zero attached hydrogens (tertiary/aromatic N) is 1. The third-order valence-electron chi connectivity index (χ3n) is 4.33. The lowest BCUT2D eigenvalue weighted by Crippen LogP contribution is -2.21. The number of amides is 1. The quantitative estimate of drug-likeness (QED) is 0.512. The Kier molecular flexibility index (Phi) is 6.77. The largest absolute Gasteiger partial charge is 0.491 e. The van der Waals surface area contributed by atoms with E-state index in [1.54, 1.807) is 0 Å². The lowest BCUT2D eigenvalue weighted by molar-refractivity contribution is -0.118. The maximum absolute atomic E-state index is 12.4. The normalized spacial score (nSPS) is 11.4. The minimum atomic E-state index is -0.236. The number of anilines is 1. The van der Waals surface area contributed by atoms with Crippen LogP contribution in [0.2, 0.25) is 0 Å². The summed E-state index contributed by atoms with van der Waals surface area (Å²) >= 11 is 1.39. The number of aromatic nitrogens is 1. The Bertz CT molecular complexity index is 988. The fourth-order valence-electron chi connectivity index (χ4n) is 2.95. The van der Waals surface area contributed by atoms with Gasteiger partial charge in [0, 0.05) is 10.9 Å². The Balaban J connectivity index is 1.59. The molecule has 0 aliphatic carbocycles. The van der Waals surface area contributed by atoms with Crippen LogP contribution in [0.15, 0.2) is 53.9 Å². The molecule has 1 N–H and O–H groups in total. The second kappa shape index (κ2) is 9.30. The third kappa shape index (κ3) is 5.83. The zero-order valence-electron chi connectivity index (χ0n) is 18.1. The molecule has 0 aliphatic heterocycles. The minimum absolute atomic E-state index is 0.0625. The molecule has 1 heterocycles. The first kappa shape index (κ1) is 21.8. The first-order valence-corrected chi connectivity index (χ1v) is 10.8. The van der Waals surface area contributed by atoms with Crippen molar-refractivity contribution in [2.45, 2.75) is 46.1 Å². The van der Waals surface area contributed by atoms with E-state index in [-0.39, 0.29) is 24.0 Å². The summed E-state index contributed by atoms with van der Waals surface area (Å²) in [7, 11) is 0. The van der Waals surface area contributed by atoms with Crippen LogP contribution >= 0.6 is 11.3 Å². The molecular weight excluding hydrogens is 396 g/mol. The molecule has 2 aromatic carbocycles. The van der Waals surface area contributed by atoms with Crippen LogP contribution in [0.1, 0.15) is 40.2 Å². The average Bonchev–Trinajstić information content (AvgIpc) is 3.14. The van der Waals surface area contributed by atoms with Crippen LogP contribution < -0.4 is 14.8 Å². The van der Waals surface area contributed by atoms with E-state index in [9.17, 15) is 4.79 Å². The van der Waals surface area contributed by atoms with Gasteiger partial charge in [0.1, 0.15) is 11.5 Å². The average molecular weight is 425 g/mol. The number of thiazole rings is 1. The lowest BCUT2D eigenvalue weighted by atomic mass is 9.86.